The lowest BCUT2D eigenvalue weighted by Gasteiger charge is -2.19. The number of carbonyl (C=O) groups excluding carboxylic acids is 1. The summed E-state index contributed by atoms with van der Waals surface area (Å²) in [6.45, 7) is 1.56. The zero-order chi connectivity index (χ0) is 17.8. The highest BCUT2D eigenvalue weighted by Gasteiger charge is 2.24. The second-order valence-electron chi connectivity index (χ2n) is 6.05. The van der Waals surface area contributed by atoms with E-state index >= 15 is 0 Å². The third-order valence-electron chi connectivity index (χ3n) is 3.86. The maximum atomic E-state index is 12.9. The Labute approximate surface area is 150 Å². The van der Waals surface area contributed by atoms with Gasteiger partial charge in [-0.1, -0.05) is 17.4 Å². The molecule has 0 fully saturated rings. The molecule has 0 unspecified atom stereocenters. The molecule has 1 amide bonds. The molecular weight excluding hydrogens is 338 g/mol. The van der Waals surface area contributed by atoms with Crippen molar-refractivity contribution in [2.45, 2.75) is 6.42 Å². The summed E-state index contributed by atoms with van der Waals surface area (Å²) >= 11 is 1.48. The first-order valence-corrected chi connectivity index (χ1v) is 8.99. The summed E-state index contributed by atoms with van der Waals surface area (Å²) < 4.78 is 11.7. The number of aromatic nitrogens is 1. The van der Waals surface area contributed by atoms with Gasteiger partial charge in [-0.15, -0.1) is 0 Å². The first-order valence-electron chi connectivity index (χ1n) is 8.18. The second kappa shape index (κ2) is 7.67. The van der Waals surface area contributed by atoms with Crippen molar-refractivity contribution >= 4 is 32.6 Å². The van der Waals surface area contributed by atoms with Gasteiger partial charge in [0.1, 0.15) is 11.3 Å². The third-order valence-corrected chi connectivity index (χ3v) is 4.90. The van der Waals surface area contributed by atoms with Crippen LogP contribution in [0.15, 0.2) is 41.0 Å². The van der Waals surface area contributed by atoms with Gasteiger partial charge < -0.3 is 14.1 Å². The minimum Gasteiger partial charge on any atom is -0.494 e. The van der Waals surface area contributed by atoms with Gasteiger partial charge in [0.15, 0.2) is 10.9 Å². The molecule has 132 valence electrons. The van der Waals surface area contributed by atoms with E-state index in [0.29, 0.717) is 23.2 Å². The van der Waals surface area contributed by atoms with Crippen molar-refractivity contribution in [3.05, 3.63) is 42.4 Å². The molecule has 3 aromatic rings. The molecule has 0 radical (unpaired) electrons. The normalized spacial score (nSPS) is 11.2. The lowest BCUT2D eigenvalue weighted by molar-refractivity contribution is -0.858. The van der Waals surface area contributed by atoms with Gasteiger partial charge >= 0.3 is 0 Å². The zero-order valence-electron chi connectivity index (χ0n) is 14.6. The van der Waals surface area contributed by atoms with Crippen LogP contribution in [0.1, 0.15) is 17.0 Å². The number of nitrogens with one attached hydrogen (secondary N) is 1. The molecule has 0 bridgehead atoms. The topological polar surface area (TPSA) is 60.0 Å². The standard InChI is InChI=1S/C18H21N3O3S/c1-20(2)10-6-11-21(17(22)14-8-5-12-24-14)18-19-16-13(23-3)7-4-9-15(16)25-18/h4-5,7-9,12H,6,10-11H2,1-3H3/p+1. The van der Waals surface area contributed by atoms with E-state index in [1.165, 1.54) is 22.5 Å². The summed E-state index contributed by atoms with van der Waals surface area (Å²) in [5.74, 6) is 0.864. The van der Waals surface area contributed by atoms with Crippen molar-refractivity contribution in [3.63, 3.8) is 0 Å². The largest absolute Gasteiger partial charge is 0.494 e. The molecule has 1 aromatic carbocycles. The highest BCUT2D eigenvalue weighted by molar-refractivity contribution is 7.22. The molecular formula is C18H22N3O3S+. The predicted molar refractivity (Wildman–Crippen MR) is 98.9 cm³/mol. The van der Waals surface area contributed by atoms with Crippen LogP contribution < -0.4 is 14.5 Å². The van der Waals surface area contributed by atoms with Crippen LogP contribution in [0.3, 0.4) is 0 Å². The van der Waals surface area contributed by atoms with E-state index in [0.717, 1.165) is 23.2 Å². The quantitative estimate of drug-likeness (QED) is 0.701. The Morgan fingerprint density at radius 1 is 1.32 bits per heavy atom. The summed E-state index contributed by atoms with van der Waals surface area (Å²) in [5, 5.41) is 0.662. The van der Waals surface area contributed by atoms with Crippen LogP contribution in [-0.4, -0.2) is 45.2 Å². The maximum absolute atomic E-state index is 12.9. The van der Waals surface area contributed by atoms with Gasteiger partial charge in [-0.05, 0) is 24.3 Å². The Hall–Kier alpha value is -2.38. The van der Waals surface area contributed by atoms with Crippen molar-refractivity contribution in [1.29, 1.82) is 0 Å². The van der Waals surface area contributed by atoms with E-state index < -0.39 is 0 Å². The van der Waals surface area contributed by atoms with Crippen LogP contribution in [0, 0.1) is 0 Å². The maximum Gasteiger partial charge on any atom is 0.295 e. The molecule has 25 heavy (non-hydrogen) atoms. The molecule has 0 aliphatic heterocycles. The Morgan fingerprint density at radius 2 is 2.16 bits per heavy atom. The molecule has 3 rings (SSSR count). The molecule has 0 aliphatic carbocycles. The number of amides is 1. The first-order chi connectivity index (χ1) is 12.1. The van der Waals surface area contributed by atoms with Crippen LogP contribution in [-0.2, 0) is 0 Å². The molecule has 2 heterocycles. The van der Waals surface area contributed by atoms with Gasteiger partial charge in [0, 0.05) is 13.0 Å². The summed E-state index contributed by atoms with van der Waals surface area (Å²) in [4.78, 5) is 20.6. The number of furan rings is 1. The van der Waals surface area contributed by atoms with Gasteiger partial charge in [-0.3, -0.25) is 9.69 Å². The highest BCUT2D eigenvalue weighted by atomic mass is 32.1. The fraction of sp³-hybridized carbons (Fsp3) is 0.333. The number of ether oxygens (including phenoxy) is 1. The number of quaternary nitrogens is 1. The van der Waals surface area contributed by atoms with Crippen LogP contribution >= 0.6 is 11.3 Å². The van der Waals surface area contributed by atoms with Gasteiger partial charge in [0.25, 0.3) is 5.91 Å². The molecule has 0 saturated heterocycles. The Morgan fingerprint density at radius 3 is 2.84 bits per heavy atom. The number of hydrogen-bond donors (Lipinski definition) is 1. The van der Waals surface area contributed by atoms with Crippen molar-refractivity contribution < 1.29 is 18.8 Å². The predicted octanol–water partition coefficient (Wildman–Crippen LogP) is 2.08. The van der Waals surface area contributed by atoms with E-state index in [2.05, 4.69) is 19.1 Å². The van der Waals surface area contributed by atoms with E-state index in [-0.39, 0.29) is 5.91 Å². The molecule has 6 nitrogen and oxygen atoms in total. The van der Waals surface area contributed by atoms with E-state index in [1.807, 2.05) is 18.2 Å². The second-order valence-corrected chi connectivity index (χ2v) is 7.06. The van der Waals surface area contributed by atoms with E-state index in [4.69, 9.17) is 9.15 Å². The van der Waals surface area contributed by atoms with Crippen LogP contribution in [0.5, 0.6) is 5.75 Å². The Balaban J connectivity index is 1.94. The fourth-order valence-corrected chi connectivity index (χ4v) is 3.61. The average molecular weight is 360 g/mol. The number of carbonyl (C=O) groups is 1. The summed E-state index contributed by atoms with van der Waals surface area (Å²) in [6.07, 6.45) is 2.39. The first kappa shape index (κ1) is 17.4. The molecule has 0 atom stereocenters. The van der Waals surface area contributed by atoms with Crippen molar-refractivity contribution in [3.8, 4) is 5.75 Å². The van der Waals surface area contributed by atoms with Crippen molar-refractivity contribution in [1.82, 2.24) is 4.98 Å². The number of rotatable bonds is 7. The fourth-order valence-electron chi connectivity index (χ4n) is 2.60. The van der Waals surface area contributed by atoms with Gasteiger partial charge in [-0.2, -0.15) is 0 Å². The Kier molecular flexibility index (Phi) is 5.35. The minimum atomic E-state index is -0.170. The number of anilines is 1. The van der Waals surface area contributed by atoms with Crippen LogP contribution in [0.25, 0.3) is 10.2 Å². The van der Waals surface area contributed by atoms with Crippen LogP contribution in [0.2, 0.25) is 0 Å². The van der Waals surface area contributed by atoms with Gasteiger partial charge in [-0.25, -0.2) is 4.98 Å². The summed E-state index contributed by atoms with van der Waals surface area (Å²) in [5.41, 5.74) is 0.778. The summed E-state index contributed by atoms with van der Waals surface area (Å²) in [7, 11) is 5.82. The lowest BCUT2D eigenvalue weighted by atomic mass is 10.3. The monoisotopic (exact) mass is 360 g/mol. The number of hydrogen-bond acceptors (Lipinski definition) is 5. The third kappa shape index (κ3) is 3.83. The van der Waals surface area contributed by atoms with Crippen LogP contribution in [0.4, 0.5) is 5.13 Å². The molecule has 1 N–H and O–H groups in total. The lowest BCUT2D eigenvalue weighted by Crippen LogP contribution is -3.05. The number of fused-ring (bicyclic) bond motifs is 1. The molecule has 0 spiro atoms. The summed E-state index contributed by atoms with van der Waals surface area (Å²) in [6, 6.07) is 9.19. The number of methoxy groups -OCH3 is 1. The number of para-hydroxylation sites is 1. The van der Waals surface area contributed by atoms with Crippen molar-refractivity contribution in [2.24, 2.45) is 0 Å². The van der Waals surface area contributed by atoms with Gasteiger partial charge in [0.2, 0.25) is 0 Å². The number of benzene rings is 1. The number of thiazole rings is 1. The average Bonchev–Trinajstić information content (AvgIpc) is 3.26. The Bertz CT molecular complexity index is 843. The minimum absolute atomic E-state index is 0.170. The van der Waals surface area contributed by atoms with E-state index in [9.17, 15) is 4.79 Å². The molecule has 2 aromatic heterocycles. The molecule has 0 aliphatic rings. The number of nitrogens with zero attached hydrogens (tertiary/aromatic N) is 2. The van der Waals surface area contributed by atoms with Crippen molar-refractivity contribution in [2.75, 3.05) is 39.2 Å². The van der Waals surface area contributed by atoms with Gasteiger partial charge in [0.05, 0.1) is 38.7 Å². The highest BCUT2D eigenvalue weighted by Crippen LogP contribution is 2.34. The van der Waals surface area contributed by atoms with E-state index in [1.54, 1.807) is 24.1 Å². The zero-order valence-corrected chi connectivity index (χ0v) is 15.4. The SMILES string of the molecule is COc1cccc2sc(N(CCC[NH+](C)C)C(=O)c3ccco3)nc12. The molecule has 7 heteroatoms. The molecule has 0 saturated carbocycles. The smallest absolute Gasteiger partial charge is 0.295 e.